The molecule has 32 heavy (non-hydrogen) atoms. The largest absolute Gasteiger partial charge is 0.478 e. The molecule has 1 aliphatic heterocycles. The van der Waals surface area contributed by atoms with Crippen molar-refractivity contribution in [3.8, 4) is 0 Å². The van der Waals surface area contributed by atoms with Crippen LogP contribution in [0.25, 0.3) is 6.08 Å². The van der Waals surface area contributed by atoms with Gasteiger partial charge in [-0.2, -0.15) is 5.10 Å². The molecule has 0 bridgehead atoms. The topological polar surface area (TPSA) is 161 Å². The molecule has 0 atom stereocenters. The zero-order chi connectivity index (χ0) is 23.8. The Kier molecular flexibility index (Phi) is 8.13. The Labute approximate surface area is 184 Å². The molecular weight excluding hydrogens is 416 g/mol. The van der Waals surface area contributed by atoms with Crippen LogP contribution >= 0.6 is 0 Å². The molecule has 2 aromatic heterocycles. The van der Waals surface area contributed by atoms with E-state index < -0.39 is 11.9 Å². The summed E-state index contributed by atoms with van der Waals surface area (Å²) in [6.07, 6.45) is 7.71. The first-order valence-electron chi connectivity index (χ1n) is 9.43. The van der Waals surface area contributed by atoms with Crippen molar-refractivity contribution in [1.82, 2.24) is 25.3 Å². The van der Waals surface area contributed by atoms with Gasteiger partial charge in [0.1, 0.15) is 11.4 Å². The van der Waals surface area contributed by atoms with Gasteiger partial charge in [-0.05, 0) is 45.1 Å². The number of hydrogen-bond acceptors (Lipinski definition) is 7. The molecule has 0 unspecified atom stereocenters. The van der Waals surface area contributed by atoms with Crippen molar-refractivity contribution in [2.24, 2.45) is 5.10 Å². The lowest BCUT2D eigenvalue weighted by Crippen LogP contribution is -2.14. The lowest BCUT2D eigenvalue weighted by molar-refractivity contribution is -0.134. The highest BCUT2D eigenvalue weighted by atomic mass is 16.4. The van der Waals surface area contributed by atoms with Gasteiger partial charge in [0.25, 0.3) is 5.91 Å². The number of aliphatic carboxylic acids is 2. The van der Waals surface area contributed by atoms with Gasteiger partial charge in [0, 0.05) is 42.5 Å². The lowest BCUT2D eigenvalue weighted by Gasteiger charge is -2.10. The van der Waals surface area contributed by atoms with Gasteiger partial charge in [-0.1, -0.05) is 0 Å². The minimum atomic E-state index is -1.26. The Morgan fingerprint density at radius 1 is 1.12 bits per heavy atom. The maximum Gasteiger partial charge on any atom is 0.328 e. The van der Waals surface area contributed by atoms with Crippen molar-refractivity contribution in [2.45, 2.75) is 20.4 Å². The van der Waals surface area contributed by atoms with Gasteiger partial charge in [0.15, 0.2) is 0 Å². The minimum Gasteiger partial charge on any atom is -0.478 e. The summed E-state index contributed by atoms with van der Waals surface area (Å²) in [5.74, 6) is -2.75. The molecule has 0 saturated heterocycles. The second kappa shape index (κ2) is 10.8. The van der Waals surface area contributed by atoms with Crippen LogP contribution in [0, 0.1) is 13.8 Å². The number of aromatic amines is 1. The van der Waals surface area contributed by atoms with Crippen LogP contribution in [0.1, 0.15) is 28.2 Å². The number of carbonyl (C=O) groups is 3. The number of aryl methyl sites for hydroxylation is 1. The molecule has 11 nitrogen and oxygen atoms in total. The second-order valence-corrected chi connectivity index (χ2v) is 7.06. The Hall–Kier alpha value is -4.12. The van der Waals surface area contributed by atoms with Gasteiger partial charge < -0.3 is 20.1 Å². The molecular formula is C21H24N6O5. The minimum absolute atomic E-state index is 0.239. The third-order valence-corrected chi connectivity index (χ3v) is 4.34. The molecule has 0 saturated carbocycles. The Bertz CT molecular complexity index is 1080. The highest BCUT2D eigenvalue weighted by Crippen LogP contribution is 2.23. The molecule has 3 heterocycles. The van der Waals surface area contributed by atoms with E-state index in [1.165, 1.54) is 5.56 Å². The van der Waals surface area contributed by atoms with Crippen LogP contribution in [0.5, 0.6) is 0 Å². The normalized spacial score (nSPS) is 14.3. The quantitative estimate of drug-likeness (QED) is 0.486. The van der Waals surface area contributed by atoms with Crippen LogP contribution < -0.4 is 5.43 Å². The van der Waals surface area contributed by atoms with Crippen molar-refractivity contribution in [3.05, 3.63) is 64.5 Å². The average molecular weight is 440 g/mol. The number of nitrogens with one attached hydrogen (secondary N) is 2. The number of rotatable bonds is 6. The third kappa shape index (κ3) is 6.44. The van der Waals surface area contributed by atoms with E-state index in [0.717, 1.165) is 23.5 Å². The smallest absolute Gasteiger partial charge is 0.328 e. The average Bonchev–Trinajstić information content (AvgIpc) is 3.22. The predicted octanol–water partition coefficient (Wildman–Crippen LogP) is 1.11. The Morgan fingerprint density at radius 2 is 1.78 bits per heavy atom. The Morgan fingerprint density at radius 3 is 2.31 bits per heavy atom. The van der Waals surface area contributed by atoms with Gasteiger partial charge >= 0.3 is 11.9 Å². The number of hydrazone groups is 1. The maximum atomic E-state index is 12.2. The molecule has 168 valence electrons. The molecule has 4 N–H and O–H groups in total. The standard InChI is InChI=1S/C17H20N6O.C4H4O4/c1-10-13(9-23(3)4)11(2)20-14(10)7-12-16(21-22-17(12)24)15-8-18-5-6-19-15;5-3(6)1-2-4(7)8/h5-8,20H,9H2,1-4H3,(H,22,24);1-2H,(H,5,6)(H,7,8)/b12-7+;2-1-. The summed E-state index contributed by atoms with van der Waals surface area (Å²) in [6, 6.07) is 0. The fraction of sp³-hybridized carbons (Fsp3) is 0.238. The summed E-state index contributed by atoms with van der Waals surface area (Å²) in [5, 5.41) is 19.7. The highest BCUT2D eigenvalue weighted by molar-refractivity contribution is 6.32. The van der Waals surface area contributed by atoms with E-state index in [2.05, 4.69) is 37.3 Å². The molecule has 1 aliphatic rings. The first kappa shape index (κ1) is 24.2. The SMILES string of the molecule is Cc1[nH]c(/C=C2/C(=O)NN=C2c2cnccn2)c(C)c1CN(C)C.O=C(O)/C=C\C(=O)O. The van der Waals surface area contributed by atoms with Crippen molar-refractivity contribution in [2.75, 3.05) is 14.1 Å². The summed E-state index contributed by atoms with van der Waals surface area (Å²) < 4.78 is 0. The molecule has 0 fully saturated rings. The molecule has 0 aromatic carbocycles. The zero-order valence-corrected chi connectivity index (χ0v) is 18.1. The number of aromatic nitrogens is 3. The molecule has 11 heteroatoms. The van der Waals surface area contributed by atoms with E-state index in [-0.39, 0.29) is 5.91 Å². The summed E-state index contributed by atoms with van der Waals surface area (Å²) in [5.41, 5.74) is 8.44. The van der Waals surface area contributed by atoms with Gasteiger partial charge in [-0.25, -0.2) is 15.0 Å². The van der Waals surface area contributed by atoms with Crippen LogP contribution in [-0.4, -0.2) is 67.7 Å². The van der Waals surface area contributed by atoms with Crippen LogP contribution in [0.2, 0.25) is 0 Å². The number of H-pyrrole nitrogens is 1. The van der Waals surface area contributed by atoms with E-state index in [0.29, 0.717) is 29.1 Å². The second-order valence-electron chi connectivity index (χ2n) is 7.06. The van der Waals surface area contributed by atoms with E-state index in [9.17, 15) is 14.4 Å². The van der Waals surface area contributed by atoms with Crippen LogP contribution in [0.15, 0.2) is 41.4 Å². The fourth-order valence-corrected chi connectivity index (χ4v) is 2.88. The molecule has 2 aromatic rings. The van der Waals surface area contributed by atoms with Crippen molar-refractivity contribution in [3.63, 3.8) is 0 Å². The zero-order valence-electron chi connectivity index (χ0n) is 18.1. The first-order valence-corrected chi connectivity index (χ1v) is 9.43. The summed E-state index contributed by atoms with van der Waals surface area (Å²) in [7, 11) is 4.07. The molecule has 1 amide bonds. The van der Waals surface area contributed by atoms with E-state index in [4.69, 9.17) is 10.2 Å². The van der Waals surface area contributed by atoms with Gasteiger partial charge in [-0.3, -0.25) is 14.8 Å². The number of carboxylic acids is 2. The predicted molar refractivity (Wildman–Crippen MR) is 117 cm³/mol. The van der Waals surface area contributed by atoms with E-state index >= 15 is 0 Å². The molecule has 3 rings (SSSR count). The Balaban J connectivity index is 0.000000390. The van der Waals surface area contributed by atoms with Crippen LogP contribution in [0.4, 0.5) is 0 Å². The number of carboxylic acid groups (broad SMARTS) is 2. The molecule has 0 aliphatic carbocycles. The summed E-state index contributed by atoms with van der Waals surface area (Å²) in [6.45, 7) is 4.94. The maximum absolute atomic E-state index is 12.2. The monoisotopic (exact) mass is 440 g/mol. The van der Waals surface area contributed by atoms with Gasteiger partial charge in [-0.15, -0.1) is 0 Å². The number of carbonyl (C=O) groups excluding carboxylic acids is 1. The fourth-order valence-electron chi connectivity index (χ4n) is 2.88. The van der Waals surface area contributed by atoms with Crippen molar-refractivity contribution in [1.29, 1.82) is 0 Å². The van der Waals surface area contributed by atoms with E-state index in [1.54, 1.807) is 18.6 Å². The van der Waals surface area contributed by atoms with Crippen LogP contribution in [-0.2, 0) is 20.9 Å². The number of nitrogens with zero attached hydrogens (tertiary/aromatic N) is 4. The third-order valence-electron chi connectivity index (χ3n) is 4.34. The molecule has 0 radical (unpaired) electrons. The molecule has 0 spiro atoms. The van der Waals surface area contributed by atoms with Crippen molar-refractivity contribution < 1.29 is 24.6 Å². The van der Waals surface area contributed by atoms with E-state index in [1.807, 2.05) is 27.1 Å². The first-order chi connectivity index (χ1) is 15.1. The number of amides is 1. The lowest BCUT2D eigenvalue weighted by atomic mass is 10.0. The van der Waals surface area contributed by atoms with Gasteiger partial charge in [0.2, 0.25) is 0 Å². The van der Waals surface area contributed by atoms with Gasteiger partial charge in [0.05, 0.1) is 11.8 Å². The number of hydrogen-bond donors (Lipinski definition) is 4. The van der Waals surface area contributed by atoms with Crippen LogP contribution in [0.3, 0.4) is 0 Å². The summed E-state index contributed by atoms with van der Waals surface area (Å²) in [4.78, 5) is 45.0. The van der Waals surface area contributed by atoms with Crippen molar-refractivity contribution >= 4 is 29.6 Å². The highest BCUT2D eigenvalue weighted by Gasteiger charge is 2.26. The summed E-state index contributed by atoms with van der Waals surface area (Å²) >= 11 is 0.